The second kappa shape index (κ2) is 55.6. The molecule has 0 bridgehead atoms. The molecule has 1 fully saturated rings. The van der Waals surface area contributed by atoms with Gasteiger partial charge in [-0.25, -0.2) is 8.42 Å². The third-order valence-electron chi connectivity index (χ3n) is 7.22. The number of carboxylic acid groups (broad SMARTS) is 1. The highest BCUT2D eigenvalue weighted by molar-refractivity contribution is 7.90. The fourth-order valence-electron chi connectivity index (χ4n) is 4.69. The second-order valence-corrected chi connectivity index (χ2v) is 13.2. The van der Waals surface area contributed by atoms with Crippen LogP contribution in [0.3, 0.4) is 0 Å². The van der Waals surface area contributed by atoms with E-state index in [-0.39, 0.29) is 12.4 Å². The largest absolute Gasteiger partial charge is 0.481 e. The number of methoxy groups -OCH3 is 1. The molecule has 328 valence electrons. The zero-order chi connectivity index (χ0) is 44.5. The lowest BCUT2D eigenvalue weighted by atomic mass is 9.96. The smallest absolute Gasteiger partial charge is 0.303 e. The number of aryl methyl sites for hydroxylation is 4. The predicted molar refractivity (Wildman–Crippen MR) is 247 cm³/mol. The first kappa shape index (κ1) is 67.1. The fourth-order valence-corrected chi connectivity index (χ4v) is 5.43. The Labute approximate surface area is 344 Å². The Morgan fingerprint density at radius 2 is 0.945 bits per heavy atom. The van der Waals surface area contributed by atoms with E-state index in [4.69, 9.17) is 5.11 Å². The minimum Gasteiger partial charge on any atom is -0.481 e. The average molecular weight is 800 g/mol. The number of rotatable bonds is 4. The molecule has 2 N–H and O–H groups in total. The van der Waals surface area contributed by atoms with Crippen LogP contribution in [0.25, 0.3) is 0 Å². The molecule has 8 heteroatoms. The van der Waals surface area contributed by atoms with Gasteiger partial charge in [-0.05, 0) is 99.0 Å². The van der Waals surface area contributed by atoms with Gasteiger partial charge in [0.2, 0.25) is 0 Å². The standard InChI is InChI=1S/2C9H10.C7H15N.C4H10O2S.2C3H6O2.6C2H6/c2*1-2-5-9-7-3-6-8(9)4-1;1-2-7-3-5-8-6-4-7;1-3-4-7(2,5)6;1-3(4)5-2;1-2-3(4)5;6*1-2/h2*1-2,4-5H,3,6-7H2;7-8H,2-6H2,1H3;3-4H2,1-2H3;1-2H3;2H2,1H3,(H,4,5);6*1-2H3. The number of esters is 1. The van der Waals surface area contributed by atoms with Crippen molar-refractivity contribution < 1.29 is 27.9 Å². The van der Waals surface area contributed by atoms with Crippen LogP contribution in [0.5, 0.6) is 0 Å². The van der Waals surface area contributed by atoms with Crippen molar-refractivity contribution in [2.24, 2.45) is 5.92 Å². The zero-order valence-corrected chi connectivity index (χ0v) is 40.3. The number of carboxylic acids is 1. The Hall–Kier alpha value is -2.71. The number of fused-ring (bicyclic) bond motifs is 2. The first-order valence-electron chi connectivity index (χ1n) is 21.8. The summed E-state index contributed by atoms with van der Waals surface area (Å²) in [6.45, 7) is 33.6. The summed E-state index contributed by atoms with van der Waals surface area (Å²) in [5.41, 5.74) is 6.27. The zero-order valence-electron chi connectivity index (χ0n) is 39.5. The summed E-state index contributed by atoms with van der Waals surface area (Å²) >= 11 is 0. The van der Waals surface area contributed by atoms with Gasteiger partial charge in [0.1, 0.15) is 9.84 Å². The Balaban J connectivity index is -0.0000000963. The van der Waals surface area contributed by atoms with E-state index in [9.17, 15) is 18.0 Å². The molecule has 1 aliphatic heterocycles. The van der Waals surface area contributed by atoms with Crippen molar-refractivity contribution in [1.29, 1.82) is 0 Å². The Bertz CT molecular complexity index is 1020. The van der Waals surface area contributed by atoms with E-state index in [1.807, 2.05) is 90.0 Å². The van der Waals surface area contributed by atoms with Crippen LogP contribution in [0.4, 0.5) is 0 Å². The third-order valence-corrected chi connectivity index (χ3v) is 8.37. The first-order valence-corrected chi connectivity index (χ1v) is 23.8. The molecule has 2 aromatic carbocycles. The predicted octanol–water partition coefficient (Wildman–Crippen LogP) is 13.0. The summed E-state index contributed by atoms with van der Waals surface area (Å²) < 4.78 is 24.6. The summed E-state index contributed by atoms with van der Waals surface area (Å²) in [4.78, 5) is 19.0. The third kappa shape index (κ3) is 51.3. The molecule has 0 spiro atoms. The van der Waals surface area contributed by atoms with Crippen LogP contribution in [0, 0.1) is 5.92 Å². The van der Waals surface area contributed by atoms with Crippen molar-refractivity contribution in [2.75, 3.05) is 32.2 Å². The first-order chi connectivity index (χ1) is 26.5. The van der Waals surface area contributed by atoms with Crippen molar-refractivity contribution in [3.8, 4) is 0 Å². The molecule has 1 saturated heterocycles. The lowest BCUT2D eigenvalue weighted by molar-refractivity contribution is -0.138. The number of benzene rings is 2. The van der Waals surface area contributed by atoms with Gasteiger partial charge in [-0.1, -0.05) is 159 Å². The average Bonchev–Trinajstić information content (AvgIpc) is 3.94. The quantitative estimate of drug-likeness (QED) is 0.296. The minimum absolute atomic E-state index is 0.222. The molecule has 5 rings (SSSR count). The minimum atomic E-state index is -2.67. The van der Waals surface area contributed by atoms with E-state index < -0.39 is 15.8 Å². The van der Waals surface area contributed by atoms with Gasteiger partial charge in [0.15, 0.2) is 0 Å². The number of nitrogens with one attached hydrogen (secondary N) is 1. The van der Waals surface area contributed by atoms with Gasteiger partial charge in [0, 0.05) is 25.4 Å². The summed E-state index contributed by atoms with van der Waals surface area (Å²) in [6, 6.07) is 17.5. The van der Waals surface area contributed by atoms with Crippen LogP contribution in [0.2, 0.25) is 0 Å². The molecule has 0 aromatic heterocycles. The number of carbonyl (C=O) groups is 2. The Kier molecular flexibility index (Phi) is 67.8. The maximum Gasteiger partial charge on any atom is 0.303 e. The Morgan fingerprint density at radius 3 is 1.09 bits per heavy atom. The number of ether oxygens (including phenoxy) is 1. The molecule has 1 heterocycles. The van der Waals surface area contributed by atoms with E-state index >= 15 is 0 Å². The highest BCUT2D eigenvalue weighted by atomic mass is 32.2. The number of aliphatic carboxylic acids is 1. The highest BCUT2D eigenvalue weighted by Crippen LogP contribution is 2.21. The lowest BCUT2D eigenvalue weighted by Crippen LogP contribution is -2.27. The van der Waals surface area contributed by atoms with Gasteiger partial charge < -0.3 is 15.2 Å². The lowest BCUT2D eigenvalue weighted by Gasteiger charge is -2.20. The number of hydrogen-bond donors (Lipinski definition) is 2. The molecule has 3 aliphatic rings. The summed E-state index contributed by atoms with van der Waals surface area (Å²) in [5.74, 6) is 0.346. The molecule has 0 atom stereocenters. The maximum atomic E-state index is 10.2. The number of piperidine rings is 1. The molecule has 0 saturated carbocycles. The summed E-state index contributed by atoms with van der Waals surface area (Å²) in [5, 5.41) is 11.1. The van der Waals surface area contributed by atoms with Crippen LogP contribution in [0.15, 0.2) is 48.5 Å². The van der Waals surface area contributed by atoms with Gasteiger partial charge in [0.25, 0.3) is 0 Å². The van der Waals surface area contributed by atoms with Gasteiger partial charge in [-0.2, -0.15) is 0 Å². The van der Waals surface area contributed by atoms with Crippen molar-refractivity contribution in [1.82, 2.24) is 5.32 Å². The van der Waals surface area contributed by atoms with Crippen molar-refractivity contribution in [3.63, 3.8) is 0 Å². The molecular weight excluding hydrogens is 707 g/mol. The summed E-state index contributed by atoms with van der Waals surface area (Å²) in [7, 11) is -1.32. The monoisotopic (exact) mass is 800 g/mol. The molecule has 2 aromatic rings. The van der Waals surface area contributed by atoms with Crippen LogP contribution in [-0.2, 0) is 49.8 Å². The van der Waals surface area contributed by atoms with Crippen LogP contribution in [0.1, 0.15) is 178 Å². The SMILES string of the molecule is CC.CC.CC.CC.CC.CC.CCC(=O)O.CCC1CCNCC1.CCCS(C)(=O)=O.COC(C)=O.c1ccc2c(c1)CCC2.c1ccc2c(c1)CCC2. The summed E-state index contributed by atoms with van der Waals surface area (Å²) in [6.07, 6.45) is 14.3. The van der Waals surface area contributed by atoms with E-state index in [1.165, 1.54) is 91.2 Å². The van der Waals surface area contributed by atoms with E-state index in [2.05, 4.69) is 65.5 Å². The van der Waals surface area contributed by atoms with Gasteiger partial charge >= 0.3 is 11.9 Å². The molecule has 55 heavy (non-hydrogen) atoms. The molecule has 7 nitrogen and oxygen atoms in total. The fraction of sp³-hybridized carbons (Fsp3) is 0.702. The van der Waals surface area contributed by atoms with Gasteiger partial charge in [-0.15, -0.1) is 0 Å². The van der Waals surface area contributed by atoms with Crippen LogP contribution < -0.4 is 5.32 Å². The molecular formula is C47H93NO6S. The molecule has 0 radical (unpaired) electrons. The topological polar surface area (TPSA) is 110 Å². The van der Waals surface area contributed by atoms with Crippen LogP contribution in [-0.4, -0.2) is 57.7 Å². The maximum absolute atomic E-state index is 10.2. The molecule has 0 amide bonds. The normalized spacial score (nSPS) is 12.0. The van der Waals surface area contributed by atoms with Crippen LogP contribution >= 0.6 is 0 Å². The van der Waals surface area contributed by atoms with E-state index in [0.717, 1.165) is 12.3 Å². The molecule has 0 unspecified atom stereocenters. The molecule has 2 aliphatic carbocycles. The van der Waals surface area contributed by atoms with E-state index in [0.29, 0.717) is 5.75 Å². The van der Waals surface area contributed by atoms with Crippen molar-refractivity contribution in [2.45, 2.75) is 181 Å². The Morgan fingerprint density at radius 1 is 0.673 bits per heavy atom. The van der Waals surface area contributed by atoms with Crippen molar-refractivity contribution >= 4 is 21.8 Å². The number of carbonyl (C=O) groups excluding carboxylic acids is 1. The number of hydrogen-bond acceptors (Lipinski definition) is 6. The highest BCUT2D eigenvalue weighted by Gasteiger charge is 2.09. The van der Waals surface area contributed by atoms with Gasteiger partial charge in [0.05, 0.1) is 7.11 Å². The van der Waals surface area contributed by atoms with E-state index in [1.54, 1.807) is 29.2 Å². The van der Waals surface area contributed by atoms with Crippen molar-refractivity contribution in [3.05, 3.63) is 70.8 Å². The van der Waals surface area contributed by atoms with Gasteiger partial charge in [-0.3, -0.25) is 9.59 Å². The second-order valence-electron chi connectivity index (χ2n) is 10.9. The number of sulfone groups is 1.